The minimum absolute atomic E-state index is 0.0579. The van der Waals surface area contributed by atoms with Gasteiger partial charge >= 0.3 is 11.9 Å². The Kier molecular flexibility index (Phi) is 9.22. The van der Waals surface area contributed by atoms with Crippen LogP contribution in [0.1, 0.15) is 26.7 Å². The van der Waals surface area contributed by atoms with Gasteiger partial charge in [-0.1, -0.05) is 0 Å². The standard InChI is InChI=1S/C12H22O6/c1-9(15-3)7-11(13)17-5-6-18-12(14)8-10(2)16-4/h9-10H,5-8H2,1-4H3. The van der Waals surface area contributed by atoms with Crippen molar-refractivity contribution in [2.24, 2.45) is 0 Å². The molecule has 2 unspecified atom stereocenters. The lowest BCUT2D eigenvalue weighted by Gasteiger charge is -2.11. The minimum Gasteiger partial charge on any atom is -0.462 e. The van der Waals surface area contributed by atoms with Gasteiger partial charge in [0, 0.05) is 14.2 Å². The summed E-state index contributed by atoms with van der Waals surface area (Å²) >= 11 is 0. The molecule has 0 aromatic rings. The van der Waals surface area contributed by atoms with Gasteiger partial charge in [0.05, 0.1) is 25.0 Å². The Morgan fingerprint density at radius 3 is 1.44 bits per heavy atom. The number of hydrogen-bond acceptors (Lipinski definition) is 6. The molecule has 0 aliphatic carbocycles. The van der Waals surface area contributed by atoms with Gasteiger partial charge in [-0.3, -0.25) is 9.59 Å². The molecule has 0 aliphatic heterocycles. The molecule has 106 valence electrons. The van der Waals surface area contributed by atoms with Crippen LogP contribution in [0, 0.1) is 0 Å². The number of rotatable bonds is 9. The molecule has 0 heterocycles. The van der Waals surface area contributed by atoms with E-state index in [0.717, 1.165) is 0 Å². The number of ether oxygens (including phenoxy) is 4. The van der Waals surface area contributed by atoms with Gasteiger partial charge in [-0.05, 0) is 13.8 Å². The van der Waals surface area contributed by atoms with Gasteiger partial charge in [0.15, 0.2) is 0 Å². The lowest BCUT2D eigenvalue weighted by molar-refractivity contribution is -0.154. The molecule has 0 bridgehead atoms. The van der Waals surface area contributed by atoms with Crippen molar-refractivity contribution in [1.29, 1.82) is 0 Å². The van der Waals surface area contributed by atoms with E-state index in [-0.39, 0.29) is 50.2 Å². The van der Waals surface area contributed by atoms with Crippen molar-refractivity contribution < 1.29 is 28.5 Å². The fourth-order valence-corrected chi connectivity index (χ4v) is 1.06. The van der Waals surface area contributed by atoms with E-state index >= 15 is 0 Å². The summed E-state index contributed by atoms with van der Waals surface area (Å²) in [6.07, 6.45) is 0.0150. The van der Waals surface area contributed by atoms with E-state index in [4.69, 9.17) is 18.9 Å². The Balaban J connectivity index is 3.55. The smallest absolute Gasteiger partial charge is 0.308 e. The number of carbonyl (C=O) groups is 2. The first-order valence-corrected chi connectivity index (χ1v) is 5.86. The van der Waals surface area contributed by atoms with Crippen molar-refractivity contribution in [2.75, 3.05) is 27.4 Å². The van der Waals surface area contributed by atoms with Crippen molar-refractivity contribution in [1.82, 2.24) is 0 Å². The van der Waals surface area contributed by atoms with Crippen molar-refractivity contribution >= 4 is 11.9 Å². The Morgan fingerprint density at radius 2 is 1.17 bits per heavy atom. The number of hydrogen-bond donors (Lipinski definition) is 0. The normalized spacial score (nSPS) is 13.8. The number of carbonyl (C=O) groups excluding carboxylic acids is 2. The first-order chi connectivity index (χ1) is 8.49. The highest BCUT2D eigenvalue weighted by molar-refractivity contribution is 5.70. The van der Waals surface area contributed by atoms with Gasteiger partial charge in [-0.15, -0.1) is 0 Å². The predicted molar refractivity (Wildman–Crippen MR) is 64.1 cm³/mol. The van der Waals surface area contributed by atoms with Crippen LogP contribution in [0.25, 0.3) is 0 Å². The van der Waals surface area contributed by atoms with E-state index in [1.807, 2.05) is 0 Å². The molecule has 6 heteroatoms. The molecule has 0 aromatic carbocycles. The molecule has 0 N–H and O–H groups in total. The van der Waals surface area contributed by atoms with Gasteiger partial charge in [0.2, 0.25) is 0 Å². The van der Waals surface area contributed by atoms with Crippen LogP contribution in [0.15, 0.2) is 0 Å². The van der Waals surface area contributed by atoms with E-state index in [1.54, 1.807) is 13.8 Å². The summed E-state index contributed by atoms with van der Waals surface area (Å²) in [6, 6.07) is 0. The van der Waals surface area contributed by atoms with E-state index in [2.05, 4.69) is 0 Å². The summed E-state index contributed by atoms with van der Waals surface area (Å²) in [5.74, 6) is -0.740. The zero-order valence-electron chi connectivity index (χ0n) is 11.4. The monoisotopic (exact) mass is 262 g/mol. The van der Waals surface area contributed by atoms with Gasteiger partial charge in [0.25, 0.3) is 0 Å². The maximum Gasteiger partial charge on any atom is 0.308 e. The second kappa shape index (κ2) is 9.85. The average Bonchev–Trinajstić information content (AvgIpc) is 2.34. The summed E-state index contributed by atoms with van der Waals surface area (Å²) in [5, 5.41) is 0. The van der Waals surface area contributed by atoms with E-state index < -0.39 is 0 Å². The lowest BCUT2D eigenvalue weighted by atomic mass is 10.3. The molecule has 2 atom stereocenters. The summed E-state index contributed by atoms with van der Waals surface area (Å²) in [5.41, 5.74) is 0. The zero-order valence-corrected chi connectivity index (χ0v) is 11.4. The maximum atomic E-state index is 11.2. The third kappa shape index (κ3) is 8.95. The molecule has 0 fully saturated rings. The molecule has 0 amide bonds. The molecule has 0 spiro atoms. The second-order valence-corrected chi connectivity index (χ2v) is 3.94. The highest BCUT2D eigenvalue weighted by Crippen LogP contribution is 1.99. The first-order valence-electron chi connectivity index (χ1n) is 5.86. The molecule has 0 radical (unpaired) electrons. The van der Waals surface area contributed by atoms with Crippen LogP contribution in [0.2, 0.25) is 0 Å². The highest BCUT2D eigenvalue weighted by atomic mass is 16.6. The summed E-state index contributed by atoms with van der Waals surface area (Å²) in [7, 11) is 3.05. The van der Waals surface area contributed by atoms with Crippen molar-refractivity contribution in [2.45, 2.75) is 38.9 Å². The van der Waals surface area contributed by atoms with Crippen molar-refractivity contribution in [3.63, 3.8) is 0 Å². The fourth-order valence-electron chi connectivity index (χ4n) is 1.06. The maximum absolute atomic E-state index is 11.2. The van der Waals surface area contributed by atoms with Crippen LogP contribution in [0.4, 0.5) is 0 Å². The third-order valence-electron chi connectivity index (χ3n) is 2.32. The van der Waals surface area contributed by atoms with E-state index in [1.165, 1.54) is 14.2 Å². The summed E-state index contributed by atoms with van der Waals surface area (Å²) in [6.45, 7) is 3.66. The summed E-state index contributed by atoms with van der Waals surface area (Å²) < 4.78 is 19.6. The highest BCUT2D eigenvalue weighted by Gasteiger charge is 2.11. The van der Waals surface area contributed by atoms with Crippen molar-refractivity contribution in [3.8, 4) is 0 Å². The van der Waals surface area contributed by atoms with Gasteiger partial charge in [-0.2, -0.15) is 0 Å². The van der Waals surface area contributed by atoms with E-state index in [9.17, 15) is 9.59 Å². The molecule has 18 heavy (non-hydrogen) atoms. The van der Waals surface area contributed by atoms with Crippen LogP contribution >= 0.6 is 0 Å². The molecule has 0 aromatic heterocycles. The fraction of sp³-hybridized carbons (Fsp3) is 0.833. The molecule has 6 nitrogen and oxygen atoms in total. The van der Waals surface area contributed by atoms with Gasteiger partial charge in [-0.25, -0.2) is 0 Å². The minimum atomic E-state index is -0.370. The Hall–Kier alpha value is -1.14. The van der Waals surface area contributed by atoms with Crippen LogP contribution in [-0.4, -0.2) is 51.6 Å². The predicted octanol–water partition coefficient (Wildman–Crippen LogP) is 0.923. The lowest BCUT2D eigenvalue weighted by Crippen LogP contribution is -2.19. The number of esters is 2. The Labute approximate surface area is 108 Å². The average molecular weight is 262 g/mol. The third-order valence-corrected chi connectivity index (χ3v) is 2.32. The van der Waals surface area contributed by atoms with Crippen LogP contribution < -0.4 is 0 Å². The van der Waals surface area contributed by atoms with Crippen LogP contribution in [0.5, 0.6) is 0 Å². The van der Waals surface area contributed by atoms with Gasteiger partial charge in [0.1, 0.15) is 13.2 Å². The summed E-state index contributed by atoms with van der Waals surface area (Å²) in [4.78, 5) is 22.4. The van der Waals surface area contributed by atoms with Gasteiger partial charge < -0.3 is 18.9 Å². The van der Waals surface area contributed by atoms with E-state index in [0.29, 0.717) is 0 Å². The SMILES string of the molecule is COC(C)CC(=O)OCCOC(=O)CC(C)OC. The molecular weight excluding hydrogens is 240 g/mol. The Morgan fingerprint density at radius 1 is 0.833 bits per heavy atom. The topological polar surface area (TPSA) is 71.1 Å². The second-order valence-electron chi connectivity index (χ2n) is 3.94. The molecular formula is C12H22O6. The quantitative estimate of drug-likeness (QED) is 0.454. The Bertz CT molecular complexity index is 227. The molecule has 0 saturated heterocycles. The van der Waals surface area contributed by atoms with Crippen molar-refractivity contribution in [3.05, 3.63) is 0 Å². The number of methoxy groups -OCH3 is 2. The molecule has 0 saturated carbocycles. The first kappa shape index (κ1) is 16.9. The van der Waals surface area contributed by atoms with Crippen LogP contribution in [0.3, 0.4) is 0 Å². The zero-order chi connectivity index (χ0) is 14.0. The largest absolute Gasteiger partial charge is 0.462 e. The molecule has 0 aliphatic rings. The molecule has 0 rings (SSSR count). The van der Waals surface area contributed by atoms with Crippen LogP contribution in [-0.2, 0) is 28.5 Å².